The van der Waals surface area contributed by atoms with E-state index < -0.39 is 0 Å². The van der Waals surface area contributed by atoms with Gasteiger partial charge in [-0.05, 0) is 20.9 Å². The number of hydrogen-bond acceptors (Lipinski definition) is 5. The maximum absolute atomic E-state index is 6.52. The second-order valence-corrected chi connectivity index (χ2v) is 6.43. The van der Waals surface area contributed by atoms with Gasteiger partial charge in [0.25, 0.3) is 0 Å². The number of nitrogens with two attached hydrogens (primary N) is 1. The molecule has 0 aliphatic carbocycles. The molecule has 2 rings (SSSR count). The lowest BCUT2D eigenvalue weighted by Crippen LogP contribution is -2.46. The van der Waals surface area contributed by atoms with Crippen LogP contribution in [0.15, 0.2) is 6.20 Å². The molecule has 1 saturated heterocycles. The first kappa shape index (κ1) is 14.7. The number of thioether (sulfide) groups is 1. The molecule has 2 N–H and O–H groups in total. The maximum Gasteiger partial charge on any atom is 0.161 e. The number of rotatable bonds is 4. The van der Waals surface area contributed by atoms with Crippen LogP contribution in [0.2, 0.25) is 0 Å². The van der Waals surface area contributed by atoms with Crippen molar-refractivity contribution in [2.75, 3.05) is 32.2 Å². The second-order valence-electron chi connectivity index (χ2n) is 5.29. The molecule has 108 valence electrons. The molecular weight excluding hydrogens is 260 g/mol. The lowest BCUT2D eigenvalue weighted by Gasteiger charge is -2.36. The molecule has 1 aliphatic heterocycles. The van der Waals surface area contributed by atoms with Crippen LogP contribution in [0.4, 0.5) is 0 Å². The zero-order valence-corrected chi connectivity index (χ0v) is 13.0. The molecule has 0 bridgehead atoms. The molecule has 2 heterocycles. The molecule has 0 aromatic carbocycles. The number of nitrogens with zero attached hydrogens (tertiary/aromatic N) is 3. The average Bonchev–Trinajstić information content (AvgIpc) is 2.82. The standard InChI is InChI=1S/C13H24N4OS/c1-9(2)17-13(11(18-4)7-15-17)12(14)10-8-19-6-5-16(10)3/h7,9-10,12H,5-6,8,14H2,1-4H3. The van der Waals surface area contributed by atoms with Crippen LogP contribution in [-0.4, -0.2) is 52.9 Å². The van der Waals surface area contributed by atoms with Crippen LogP contribution in [0.1, 0.15) is 31.6 Å². The number of aromatic nitrogens is 2. The van der Waals surface area contributed by atoms with Gasteiger partial charge in [0.15, 0.2) is 5.75 Å². The molecule has 2 unspecified atom stereocenters. The third kappa shape index (κ3) is 2.90. The van der Waals surface area contributed by atoms with Gasteiger partial charge in [0.05, 0.1) is 25.0 Å². The zero-order chi connectivity index (χ0) is 14.0. The summed E-state index contributed by atoms with van der Waals surface area (Å²) in [5.41, 5.74) is 7.53. The lowest BCUT2D eigenvalue weighted by atomic mass is 10.0. The monoisotopic (exact) mass is 284 g/mol. The third-order valence-corrected chi connectivity index (χ3v) is 4.73. The quantitative estimate of drug-likeness (QED) is 0.908. The van der Waals surface area contributed by atoms with E-state index in [1.54, 1.807) is 13.3 Å². The molecule has 1 aliphatic rings. The first-order chi connectivity index (χ1) is 9.06. The molecule has 6 heteroatoms. The third-order valence-electron chi connectivity index (χ3n) is 3.68. The molecule has 19 heavy (non-hydrogen) atoms. The number of methoxy groups -OCH3 is 1. The Morgan fingerprint density at radius 1 is 1.53 bits per heavy atom. The van der Waals surface area contributed by atoms with Crippen LogP contribution >= 0.6 is 11.8 Å². The van der Waals surface area contributed by atoms with Crippen LogP contribution < -0.4 is 10.5 Å². The molecule has 2 atom stereocenters. The van der Waals surface area contributed by atoms with Crippen molar-refractivity contribution in [1.82, 2.24) is 14.7 Å². The van der Waals surface area contributed by atoms with E-state index in [2.05, 4.69) is 30.9 Å². The summed E-state index contributed by atoms with van der Waals surface area (Å²) in [7, 11) is 3.82. The summed E-state index contributed by atoms with van der Waals surface area (Å²) in [6.45, 7) is 5.31. The summed E-state index contributed by atoms with van der Waals surface area (Å²) in [5, 5.41) is 4.41. The van der Waals surface area contributed by atoms with Gasteiger partial charge in [-0.3, -0.25) is 9.58 Å². The summed E-state index contributed by atoms with van der Waals surface area (Å²) in [6.07, 6.45) is 1.77. The van der Waals surface area contributed by atoms with Gasteiger partial charge in [-0.2, -0.15) is 16.9 Å². The predicted octanol–water partition coefficient (Wildman–Crippen LogP) is 1.52. The fourth-order valence-corrected chi connectivity index (χ4v) is 3.79. The Balaban J connectivity index is 2.30. The largest absolute Gasteiger partial charge is 0.493 e. The van der Waals surface area contributed by atoms with Crippen molar-refractivity contribution >= 4 is 11.8 Å². The molecule has 0 amide bonds. The summed E-state index contributed by atoms with van der Waals surface area (Å²) < 4.78 is 7.42. The van der Waals surface area contributed by atoms with Crippen LogP contribution in [0.3, 0.4) is 0 Å². The number of ether oxygens (including phenoxy) is 1. The van der Waals surface area contributed by atoms with E-state index >= 15 is 0 Å². The zero-order valence-electron chi connectivity index (χ0n) is 12.2. The lowest BCUT2D eigenvalue weighted by molar-refractivity contribution is 0.228. The van der Waals surface area contributed by atoms with Crippen molar-refractivity contribution < 1.29 is 4.74 Å². The molecular formula is C13H24N4OS. The first-order valence-corrected chi connectivity index (χ1v) is 7.86. The Morgan fingerprint density at radius 2 is 2.26 bits per heavy atom. The highest BCUT2D eigenvalue weighted by Gasteiger charge is 2.31. The van der Waals surface area contributed by atoms with Gasteiger partial charge in [-0.25, -0.2) is 0 Å². The molecule has 1 aromatic heterocycles. The summed E-state index contributed by atoms with van der Waals surface area (Å²) in [5.74, 6) is 3.04. The Hall–Kier alpha value is -0.720. The molecule has 0 spiro atoms. The Bertz CT molecular complexity index is 421. The smallest absolute Gasteiger partial charge is 0.161 e. The highest BCUT2D eigenvalue weighted by molar-refractivity contribution is 7.99. The Morgan fingerprint density at radius 3 is 2.84 bits per heavy atom. The van der Waals surface area contributed by atoms with Gasteiger partial charge >= 0.3 is 0 Å². The minimum Gasteiger partial charge on any atom is -0.493 e. The van der Waals surface area contributed by atoms with E-state index in [9.17, 15) is 0 Å². The van der Waals surface area contributed by atoms with Crippen LogP contribution in [0.5, 0.6) is 5.75 Å². The van der Waals surface area contributed by atoms with E-state index in [0.29, 0.717) is 6.04 Å². The highest BCUT2D eigenvalue weighted by atomic mass is 32.2. The molecule has 0 radical (unpaired) electrons. The van der Waals surface area contributed by atoms with E-state index in [4.69, 9.17) is 10.5 Å². The highest BCUT2D eigenvalue weighted by Crippen LogP contribution is 2.32. The fourth-order valence-electron chi connectivity index (χ4n) is 2.51. The average molecular weight is 284 g/mol. The van der Waals surface area contributed by atoms with Crippen molar-refractivity contribution in [3.05, 3.63) is 11.9 Å². The SMILES string of the molecule is COc1cnn(C(C)C)c1C(N)C1CSCCN1C. The van der Waals surface area contributed by atoms with E-state index in [1.807, 2.05) is 16.4 Å². The molecule has 1 aromatic rings. The Kier molecular flexibility index (Phi) is 4.76. The van der Waals surface area contributed by atoms with Gasteiger partial charge < -0.3 is 10.5 Å². The number of likely N-dealkylation sites (N-methyl/N-ethyl adjacent to an activating group) is 1. The van der Waals surface area contributed by atoms with Crippen molar-refractivity contribution in [3.8, 4) is 5.75 Å². The van der Waals surface area contributed by atoms with E-state index in [0.717, 1.165) is 23.7 Å². The van der Waals surface area contributed by atoms with Crippen molar-refractivity contribution in [3.63, 3.8) is 0 Å². The summed E-state index contributed by atoms with van der Waals surface area (Å²) in [6, 6.07) is 0.547. The summed E-state index contributed by atoms with van der Waals surface area (Å²) in [4.78, 5) is 2.35. The topological polar surface area (TPSA) is 56.3 Å². The number of hydrogen-bond donors (Lipinski definition) is 1. The second kappa shape index (κ2) is 6.15. The molecule has 5 nitrogen and oxygen atoms in total. The molecule has 0 saturated carbocycles. The minimum atomic E-state index is -0.0716. The van der Waals surface area contributed by atoms with Crippen LogP contribution in [0.25, 0.3) is 0 Å². The van der Waals surface area contributed by atoms with Crippen molar-refractivity contribution in [2.45, 2.75) is 32.0 Å². The fraction of sp³-hybridized carbons (Fsp3) is 0.769. The van der Waals surface area contributed by atoms with Crippen molar-refractivity contribution in [2.24, 2.45) is 5.73 Å². The normalized spacial score (nSPS) is 22.7. The van der Waals surface area contributed by atoms with Gasteiger partial charge in [0.1, 0.15) is 0 Å². The summed E-state index contributed by atoms with van der Waals surface area (Å²) >= 11 is 1.97. The van der Waals surface area contributed by atoms with Gasteiger partial charge in [0, 0.05) is 30.1 Å². The van der Waals surface area contributed by atoms with E-state index in [1.165, 1.54) is 5.75 Å². The first-order valence-electron chi connectivity index (χ1n) is 6.71. The van der Waals surface area contributed by atoms with Crippen molar-refractivity contribution in [1.29, 1.82) is 0 Å². The Labute approximate surface area is 119 Å². The molecule has 1 fully saturated rings. The van der Waals surface area contributed by atoms with Gasteiger partial charge in [-0.15, -0.1) is 0 Å². The van der Waals surface area contributed by atoms with Gasteiger partial charge in [0.2, 0.25) is 0 Å². The van der Waals surface area contributed by atoms with Crippen LogP contribution in [-0.2, 0) is 0 Å². The minimum absolute atomic E-state index is 0.0716. The maximum atomic E-state index is 6.52. The predicted molar refractivity (Wildman–Crippen MR) is 79.8 cm³/mol. The van der Waals surface area contributed by atoms with E-state index in [-0.39, 0.29) is 12.1 Å². The van der Waals surface area contributed by atoms with Crippen LogP contribution in [0, 0.1) is 0 Å². The van der Waals surface area contributed by atoms with Gasteiger partial charge in [-0.1, -0.05) is 0 Å².